The first-order valence-corrected chi connectivity index (χ1v) is 17.6. The number of fused-ring (bicyclic) bond motifs is 6. The third-order valence-electron chi connectivity index (χ3n) is 9.74. The van der Waals surface area contributed by atoms with Crippen LogP contribution in [0.5, 0.6) is 0 Å². The van der Waals surface area contributed by atoms with Gasteiger partial charge in [-0.1, -0.05) is 140 Å². The molecule has 10 aromatic rings. The molecule has 0 bridgehead atoms. The van der Waals surface area contributed by atoms with E-state index in [1.807, 2.05) is 29.7 Å². The molecule has 3 heterocycles. The van der Waals surface area contributed by atoms with Crippen molar-refractivity contribution in [1.29, 1.82) is 0 Å². The molecule has 7 aromatic carbocycles. The van der Waals surface area contributed by atoms with Gasteiger partial charge in [0.2, 0.25) is 5.95 Å². The van der Waals surface area contributed by atoms with Gasteiger partial charge in [0.1, 0.15) is 0 Å². The highest BCUT2D eigenvalue weighted by atomic mass is 32.1. The van der Waals surface area contributed by atoms with Gasteiger partial charge in [-0.05, 0) is 63.7 Å². The normalized spacial score (nSPS) is 11.6. The van der Waals surface area contributed by atoms with E-state index in [1.54, 1.807) is 0 Å². The SMILES string of the molecule is c1ccc(-c2ccc(-c3ccc(-c4ccnc(-n5c6ccccc6c6cc(-c7cccc8c7sc7ccccc78)ccc65)n4)cc3)cc2)cc1. The number of para-hydroxylation sites is 1. The van der Waals surface area contributed by atoms with Crippen LogP contribution in [0.15, 0.2) is 176 Å². The predicted molar refractivity (Wildman–Crippen MR) is 211 cm³/mol. The molecule has 0 fully saturated rings. The van der Waals surface area contributed by atoms with E-state index in [0.29, 0.717) is 5.95 Å². The van der Waals surface area contributed by atoms with Crippen molar-refractivity contribution in [1.82, 2.24) is 14.5 Å². The first kappa shape index (κ1) is 28.6. The lowest BCUT2D eigenvalue weighted by Crippen LogP contribution is -2.01. The second-order valence-corrected chi connectivity index (χ2v) is 13.7. The van der Waals surface area contributed by atoms with Crippen molar-refractivity contribution in [3.63, 3.8) is 0 Å². The van der Waals surface area contributed by atoms with Crippen molar-refractivity contribution < 1.29 is 0 Å². The highest BCUT2D eigenvalue weighted by Crippen LogP contribution is 2.41. The molecule has 0 aliphatic heterocycles. The zero-order valence-corrected chi connectivity index (χ0v) is 27.8. The molecule has 234 valence electrons. The molecule has 0 saturated heterocycles. The van der Waals surface area contributed by atoms with E-state index in [9.17, 15) is 0 Å². The van der Waals surface area contributed by atoms with Gasteiger partial charge in [-0.25, -0.2) is 9.97 Å². The van der Waals surface area contributed by atoms with Gasteiger partial charge < -0.3 is 0 Å². The second-order valence-electron chi connectivity index (χ2n) is 12.6. The molecule has 0 radical (unpaired) electrons. The standard InChI is InChI=1S/C46H29N3S/c1-2-9-30(10-3-1)31-17-19-32(20-18-31)33-21-23-34(24-22-33)41-27-28-47-46(48-41)49-42-15-6-4-11-37(42)40-29-35(25-26-43(40)49)36-13-8-14-39-38-12-5-7-16-44(38)50-45(36)39/h1-29H. The van der Waals surface area contributed by atoms with Gasteiger partial charge in [0.05, 0.1) is 16.7 Å². The van der Waals surface area contributed by atoms with Crippen LogP contribution in [0.25, 0.3) is 92.6 Å². The lowest BCUT2D eigenvalue weighted by Gasteiger charge is -2.10. The minimum atomic E-state index is 0.661. The van der Waals surface area contributed by atoms with E-state index in [0.717, 1.165) is 22.3 Å². The first-order valence-electron chi connectivity index (χ1n) is 16.8. The predicted octanol–water partition coefficient (Wildman–Crippen LogP) is 12.6. The second kappa shape index (κ2) is 11.7. The average Bonchev–Trinajstić information content (AvgIpc) is 3.74. The maximum Gasteiger partial charge on any atom is 0.235 e. The Balaban J connectivity index is 1.02. The van der Waals surface area contributed by atoms with Crippen LogP contribution in [0.2, 0.25) is 0 Å². The van der Waals surface area contributed by atoms with Crippen LogP contribution in [-0.4, -0.2) is 14.5 Å². The van der Waals surface area contributed by atoms with Gasteiger partial charge in [-0.2, -0.15) is 0 Å². The summed E-state index contributed by atoms with van der Waals surface area (Å²) in [5.41, 5.74) is 11.4. The summed E-state index contributed by atoms with van der Waals surface area (Å²) in [4.78, 5) is 9.94. The van der Waals surface area contributed by atoms with Crippen molar-refractivity contribution in [2.45, 2.75) is 0 Å². The number of hydrogen-bond donors (Lipinski definition) is 0. The smallest absolute Gasteiger partial charge is 0.235 e. The van der Waals surface area contributed by atoms with E-state index in [-0.39, 0.29) is 0 Å². The molecular weight excluding hydrogens is 627 g/mol. The Bertz CT molecular complexity index is 2850. The molecule has 0 aliphatic rings. The first-order chi connectivity index (χ1) is 24.8. The molecule has 3 aromatic heterocycles. The maximum absolute atomic E-state index is 5.13. The Morgan fingerprint density at radius 1 is 0.420 bits per heavy atom. The number of thiophene rings is 1. The highest BCUT2D eigenvalue weighted by Gasteiger charge is 2.17. The summed E-state index contributed by atoms with van der Waals surface area (Å²) < 4.78 is 4.83. The van der Waals surface area contributed by atoms with E-state index in [4.69, 9.17) is 9.97 Å². The summed E-state index contributed by atoms with van der Waals surface area (Å²) in [5, 5.41) is 5.00. The van der Waals surface area contributed by atoms with Crippen LogP contribution >= 0.6 is 11.3 Å². The van der Waals surface area contributed by atoms with Gasteiger partial charge in [0, 0.05) is 42.7 Å². The fourth-order valence-electron chi connectivity index (χ4n) is 7.27. The molecule has 0 aliphatic carbocycles. The van der Waals surface area contributed by atoms with E-state index in [2.05, 4.69) is 162 Å². The molecule has 4 heteroatoms. The van der Waals surface area contributed by atoms with Crippen LogP contribution in [-0.2, 0) is 0 Å². The number of nitrogens with zero attached hydrogens (tertiary/aromatic N) is 3. The number of rotatable bonds is 5. The van der Waals surface area contributed by atoms with Gasteiger partial charge in [-0.3, -0.25) is 4.57 Å². The summed E-state index contributed by atoms with van der Waals surface area (Å²) in [5.74, 6) is 0.661. The number of benzene rings is 7. The summed E-state index contributed by atoms with van der Waals surface area (Å²) in [6.07, 6.45) is 1.87. The highest BCUT2D eigenvalue weighted by molar-refractivity contribution is 7.26. The van der Waals surface area contributed by atoms with Crippen LogP contribution < -0.4 is 0 Å². The summed E-state index contributed by atoms with van der Waals surface area (Å²) in [7, 11) is 0. The minimum Gasteiger partial charge on any atom is -0.278 e. The molecule has 50 heavy (non-hydrogen) atoms. The molecule has 10 rings (SSSR count). The van der Waals surface area contributed by atoms with E-state index < -0.39 is 0 Å². The third kappa shape index (κ3) is 4.73. The van der Waals surface area contributed by atoms with Gasteiger partial charge in [0.25, 0.3) is 0 Å². The summed E-state index contributed by atoms with van der Waals surface area (Å²) in [6, 6.07) is 60.6. The van der Waals surface area contributed by atoms with Gasteiger partial charge in [-0.15, -0.1) is 11.3 Å². The van der Waals surface area contributed by atoms with E-state index >= 15 is 0 Å². The molecule has 0 unspecified atom stereocenters. The van der Waals surface area contributed by atoms with Crippen molar-refractivity contribution in [3.8, 4) is 50.6 Å². The van der Waals surface area contributed by atoms with Gasteiger partial charge >= 0.3 is 0 Å². The summed E-state index contributed by atoms with van der Waals surface area (Å²) in [6.45, 7) is 0. The van der Waals surface area contributed by atoms with Crippen LogP contribution in [0.1, 0.15) is 0 Å². The lowest BCUT2D eigenvalue weighted by atomic mass is 9.99. The Kier molecular flexibility index (Phi) is 6.68. The summed E-state index contributed by atoms with van der Waals surface area (Å²) >= 11 is 1.87. The van der Waals surface area contributed by atoms with Gasteiger partial charge in [0.15, 0.2) is 0 Å². The number of hydrogen-bond acceptors (Lipinski definition) is 3. The molecular formula is C46H29N3S. The third-order valence-corrected chi connectivity index (χ3v) is 11.0. The zero-order valence-electron chi connectivity index (χ0n) is 27.0. The van der Waals surface area contributed by atoms with Crippen molar-refractivity contribution >= 4 is 53.3 Å². The number of aromatic nitrogens is 3. The zero-order chi connectivity index (χ0) is 33.0. The Morgan fingerprint density at radius 3 is 1.80 bits per heavy atom. The van der Waals surface area contributed by atoms with Crippen LogP contribution in [0.3, 0.4) is 0 Å². The molecule has 0 saturated carbocycles. The lowest BCUT2D eigenvalue weighted by molar-refractivity contribution is 0.992. The fraction of sp³-hybridized carbons (Fsp3) is 0. The minimum absolute atomic E-state index is 0.661. The molecule has 0 N–H and O–H groups in total. The largest absolute Gasteiger partial charge is 0.278 e. The molecule has 0 spiro atoms. The Hall–Kier alpha value is -6.36. The molecule has 0 amide bonds. The van der Waals surface area contributed by atoms with Crippen molar-refractivity contribution in [2.24, 2.45) is 0 Å². The van der Waals surface area contributed by atoms with E-state index in [1.165, 1.54) is 64.3 Å². The Labute approximate surface area is 293 Å². The van der Waals surface area contributed by atoms with Crippen LogP contribution in [0, 0.1) is 0 Å². The van der Waals surface area contributed by atoms with Crippen molar-refractivity contribution in [2.75, 3.05) is 0 Å². The Morgan fingerprint density at radius 2 is 1.02 bits per heavy atom. The van der Waals surface area contributed by atoms with Crippen molar-refractivity contribution in [3.05, 3.63) is 176 Å². The fourth-order valence-corrected chi connectivity index (χ4v) is 8.50. The maximum atomic E-state index is 5.13. The topological polar surface area (TPSA) is 30.7 Å². The van der Waals surface area contributed by atoms with Crippen LogP contribution in [0.4, 0.5) is 0 Å². The quantitative estimate of drug-likeness (QED) is 0.185. The average molecular weight is 656 g/mol. The monoisotopic (exact) mass is 655 g/mol. The molecule has 3 nitrogen and oxygen atoms in total. The molecule has 0 atom stereocenters.